The van der Waals surface area contributed by atoms with Crippen LogP contribution in [0.2, 0.25) is 0 Å². The number of para-hydroxylation sites is 1. The highest BCUT2D eigenvalue weighted by molar-refractivity contribution is 7.52. The molecule has 0 spiro atoms. The average Bonchev–Trinajstić information content (AvgIpc) is 3.57. The molecule has 9 heteroatoms. The lowest BCUT2D eigenvalue weighted by atomic mass is 10.2. The number of benzene rings is 3. The van der Waals surface area contributed by atoms with E-state index in [1.807, 2.05) is 30.3 Å². The Kier molecular flexibility index (Phi) is 8.92. The summed E-state index contributed by atoms with van der Waals surface area (Å²) in [6, 6.07) is 28.1. The van der Waals surface area contributed by atoms with Crippen molar-refractivity contribution in [3.8, 4) is 0 Å². The van der Waals surface area contributed by atoms with E-state index < -0.39 is 31.9 Å². The van der Waals surface area contributed by atoms with Gasteiger partial charge in [-0.1, -0.05) is 54.6 Å². The number of nitrogens with zero attached hydrogens (tertiary/aromatic N) is 2. The molecule has 2 heterocycles. The van der Waals surface area contributed by atoms with E-state index in [-0.39, 0.29) is 13.2 Å². The molecular formula is C29H30ClN2O5P. The summed E-state index contributed by atoms with van der Waals surface area (Å²) < 4.78 is 22.5. The molecule has 0 N–H and O–H groups in total. The fraction of sp³-hybridized carbons (Fsp3) is 0.310. The third kappa shape index (κ3) is 6.36. The van der Waals surface area contributed by atoms with Gasteiger partial charge in [-0.05, 0) is 49.2 Å². The maximum Gasteiger partial charge on any atom is 0.338 e. The van der Waals surface area contributed by atoms with Crippen molar-refractivity contribution in [2.24, 2.45) is 0 Å². The molecular weight excluding hydrogens is 523 g/mol. The number of fused-ring (bicyclic) bond motifs is 1. The summed E-state index contributed by atoms with van der Waals surface area (Å²) in [7, 11) is -1.20. The van der Waals surface area contributed by atoms with Gasteiger partial charge in [-0.2, -0.15) is 0 Å². The van der Waals surface area contributed by atoms with Crippen molar-refractivity contribution in [1.29, 1.82) is 0 Å². The third-order valence-electron chi connectivity index (χ3n) is 6.61. The van der Waals surface area contributed by atoms with Gasteiger partial charge in [-0.3, -0.25) is 0 Å². The Morgan fingerprint density at radius 3 is 2.00 bits per heavy atom. The number of carbonyl (C=O) groups is 2. The quantitative estimate of drug-likeness (QED) is 0.176. The van der Waals surface area contributed by atoms with Gasteiger partial charge in [0.2, 0.25) is 8.45 Å². The van der Waals surface area contributed by atoms with E-state index in [9.17, 15) is 9.59 Å². The predicted molar refractivity (Wildman–Crippen MR) is 148 cm³/mol. The number of ether oxygens (including phenoxy) is 2. The topological polar surface area (TPSA) is 68.3 Å². The van der Waals surface area contributed by atoms with E-state index in [4.69, 9.17) is 25.6 Å². The SMILES string of the molecule is O=C(OC[C@@H](Cl)[C@@H](COC(=O)c1ccccc1)OP1N(c2ccccc2)C[C@@H]2CCCN21)c1ccccc1. The normalized spacial score (nSPS) is 20.5. The van der Waals surface area contributed by atoms with Crippen LogP contribution in [0, 0.1) is 0 Å². The largest absolute Gasteiger partial charge is 0.460 e. The summed E-state index contributed by atoms with van der Waals surface area (Å²) in [5.41, 5.74) is 1.97. The van der Waals surface area contributed by atoms with Crippen LogP contribution in [0.4, 0.5) is 5.69 Å². The first-order valence-electron chi connectivity index (χ1n) is 12.7. The molecule has 3 aromatic carbocycles. The van der Waals surface area contributed by atoms with Crippen LogP contribution in [0.5, 0.6) is 0 Å². The van der Waals surface area contributed by atoms with Gasteiger partial charge >= 0.3 is 11.9 Å². The molecule has 198 valence electrons. The van der Waals surface area contributed by atoms with Crippen LogP contribution in [-0.2, 0) is 14.0 Å². The Hall–Kier alpha value is -2.96. The first-order valence-corrected chi connectivity index (χ1v) is 14.3. The molecule has 7 nitrogen and oxygen atoms in total. The Bertz CT molecular complexity index is 1200. The molecule has 3 aromatic rings. The van der Waals surface area contributed by atoms with Gasteiger partial charge in [0.1, 0.15) is 19.3 Å². The van der Waals surface area contributed by atoms with Gasteiger partial charge in [-0.25, -0.2) is 14.3 Å². The number of anilines is 1. The van der Waals surface area contributed by atoms with Crippen LogP contribution < -0.4 is 4.67 Å². The number of alkyl halides is 1. The number of hydrogen-bond donors (Lipinski definition) is 0. The Balaban J connectivity index is 1.32. The molecule has 0 radical (unpaired) electrons. The minimum Gasteiger partial charge on any atom is -0.460 e. The van der Waals surface area contributed by atoms with Crippen molar-refractivity contribution in [2.75, 3.05) is 31.0 Å². The van der Waals surface area contributed by atoms with Gasteiger partial charge in [0, 0.05) is 24.8 Å². The van der Waals surface area contributed by atoms with Crippen molar-refractivity contribution in [1.82, 2.24) is 4.67 Å². The van der Waals surface area contributed by atoms with Crippen molar-refractivity contribution in [3.05, 3.63) is 102 Å². The van der Waals surface area contributed by atoms with Crippen LogP contribution in [0.25, 0.3) is 0 Å². The lowest BCUT2D eigenvalue weighted by Crippen LogP contribution is -2.35. The summed E-state index contributed by atoms with van der Waals surface area (Å²) in [4.78, 5) is 25.2. The molecule has 2 aliphatic heterocycles. The van der Waals surface area contributed by atoms with Crippen molar-refractivity contribution in [2.45, 2.75) is 30.4 Å². The number of rotatable bonds is 10. The summed E-state index contributed by atoms with van der Waals surface area (Å²) in [5.74, 6) is -0.920. The zero-order valence-corrected chi connectivity index (χ0v) is 22.5. The van der Waals surface area contributed by atoms with Crippen LogP contribution in [-0.4, -0.2) is 60.4 Å². The number of halogens is 1. The average molecular weight is 553 g/mol. The van der Waals surface area contributed by atoms with E-state index in [1.165, 1.54) is 0 Å². The third-order valence-corrected chi connectivity index (χ3v) is 9.25. The van der Waals surface area contributed by atoms with Gasteiger partial charge < -0.3 is 18.7 Å². The lowest BCUT2D eigenvalue weighted by Gasteiger charge is -2.33. The molecule has 0 aliphatic carbocycles. The van der Waals surface area contributed by atoms with Crippen LogP contribution in [0.15, 0.2) is 91.0 Å². The first kappa shape index (κ1) is 26.6. The lowest BCUT2D eigenvalue weighted by molar-refractivity contribution is 0.0223. The van der Waals surface area contributed by atoms with Crippen LogP contribution >= 0.6 is 20.1 Å². The molecule has 0 bridgehead atoms. The molecule has 0 aromatic heterocycles. The standard InChI is InChI=1S/C29H30ClN2O5P/c30-26(20-35-28(33)22-11-4-1-5-12-22)27(21-36-29(34)23-13-6-2-7-14-23)37-38-31-18-10-17-25(31)19-32(38)24-15-8-3-9-16-24/h1-9,11-16,25-27H,10,17-21H2/t25-,26+,27+,38?/m0/s1. The number of carbonyl (C=O) groups excluding carboxylic acids is 2. The minimum atomic E-state index is -1.20. The highest BCUT2D eigenvalue weighted by Crippen LogP contribution is 2.57. The summed E-state index contributed by atoms with van der Waals surface area (Å²) in [6.45, 7) is 1.65. The monoisotopic (exact) mass is 552 g/mol. The highest BCUT2D eigenvalue weighted by Gasteiger charge is 2.46. The number of esters is 2. The smallest absolute Gasteiger partial charge is 0.338 e. The Morgan fingerprint density at radius 1 is 0.842 bits per heavy atom. The van der Waals surface area contributed by atoms with Crippen molar-refractivity contribution < 1.29 is 23.6 Å². The molecule has 2 saturated heterocycles. The maximum absolute atomic E-state index is 12.7. The van der Waals surface area contributed by atoms with Gasteiger partial charge in [-0.15, -0.1) is 11.6 Å². The van der Waals surface area contributed by atoms with Crippen LogP contribution in [0.3, 0.4) is 0 Å². The fourth-order valence-electron chi connectivity index (χ4n) is 4.62. The molecule has 2 fully saturated rings. The van der Waals surface area contributed by atoms with E-state index in [0.717, 1.165) is 31.6 Å². The van der Waals surface area contributed by atoms with Crippen molar-refractivity contribution in [3.63, 3.8) is 0 Å². The molecule has 1 unspecified atom stereocenters. The summed E-state index contributed by atoms with van der Waals surface area (Å²) in [5, 5.41) is -0.729. The Morgan fingerprint density at radius 2 is 1.39 bits per heavy atom. The van der Waals surface area contributed by atoms with Gasteiger partial charge in [0.05, 0.1) is 16.5 Å². The number of hydrogen-bond acceptors (Lipinski definition) is 7. The van der Waals surface area contributed by atoms with E-state index in [2.05, 4.69) is 21.5 Å². The molecule has 2 aliphatic rings. The van der Waals surface area contributed by atoms with Gasteiger partial charge in [0.15, 0.2) is 0 Å². The molecule has 0 saturated carbocycles. The second kappa shape index (κ2) is 12.7. The highest BCUT2D eigenvalue weighted by atomic mass is 35.5. The minimum absolute atomic E-state index is 0.0647. The molecule has 0 amide bonds. The van der Waals surface area contributed by atoms with E-state index in [1.54, 1.807) is 48.5 Å². The van der Waals surface area contributed by atoms with E-state index in [0.29, 0.717) is 17.2 Å². The fourth-order valence-corrected chi connectivity index (χ4v) is 7.28. The first-order chi connectivity index (χ1) is 18.6. The summed E-state index contributed by atoms with van der Waals surface area (Å²) in [6.07, 6.45) is 1.53. The second-order valence-corrected chi connectivity index (χ2v) is 11.5. The Labute approximate surface area is 229 Å². The van der Waals surface area contributed by atoms with E-state index >= 15 is 0 Å². The zero-order valence-electron chi connectivity index (χ0n) is 20.9. The predicted octanol–water partition coefficient (Wildman–Crippen LogP) is 5.90. The van der Waals surface area contributed by atoms with Gasteiger partial charge in [0.25, 0.3) is 0 Å². The second-order valence-electron chi connectivity index (χ2n) is 9.22. The molecule has 5 rings (SSSR count). The summed E-state index contributed by atoms with van der Waals surface area (Å²) >= 11 is 6.80. The molecule has 38 heavy (non-hydrogen) atoms. The van der Waals surface area contributed by atoms with Crippen LogP contribution in [0.1, 0.15) is 33.6 Å². The molecule has 4 atom stereocenters. The maximum atomic E-state index is 12.7. The van der Waals surface area contributed by atoms with Crippen molar-refractivity contribution >= 4 is 37.7 Å². The zero-order chi connectivity index (χ0) is 26.3.